The number of hydrogen-bond acceptors (Lipinski definition) is 3. The molecule has 1 atom stereocenters. The Kier molecular flexibility index (Phi) is 2.86. The van der Waals surface area contributed by atoms with Gasteiger partial charge in [0.25, 0.3) is 0 Å². The van der Waals surface area contributed by atoms with Gasteiger partial charge in [0.15, 0.2) is 0 Å². The Bertz CT molecular complexity index is 245. The van der Waals surface area contributed by atoms with Gasteiger partial charge in [-0.1, -0.05) is 0 Å². The standard InChI is InChI=1S/C10H16N2S/c1-11-9-3-2-5-12(7-9)10-4-6-13-8-10/h4,6,8-9,11H,2-3,5,7H2,1H3. The lowest BCUT2D eigenvalue weighted by Crippen LogP contribution is -2.44. The monoisotopic (exact) mass is 196 g/mol. The topological polar surface area (TPSA) is 15.3 Å². The highest BCUT2D eigenvalue weighted by Gasteiger charge is 2.18. The third-order valence-electron chi connectivity index (χ3n) is 2.70. The molecule has 2 heterocycles. The highest BCUT2D eigenvalue weighted by molar-refractivity contribution is 7.08. The summed E-state index contributed by atoms with van der Waals surface area (Å²) in [5.41, 5.74) is 1.39. The number of piperidine rings is 1. The molecule has 1 aliphatic heterocycles. The Morgan fingerprint density at radius 2 is 2.54 bits per heavy atom. The molecule has 0 amide bonds. The van der Waals surface area contributed by atoms with Crippen LogP contribution in [-0.4, -0.2) is 26.2 Å². The maximum Gasteiger partial charge on any atom is 0.0475 e. The molecular weight excluding hydrogens is 180 g/mol. The molecule has 0 aliphatic carbocycles. The average Bonchev–Trinajstić information content (AvgIpc) is 2.71. The summed E-state index contributed by atoms with van der Waals surface area (Å²) in [5.74, 6) is 0. The van der Waals surface area contributed by atoms with Crippen LogP contribution in [-0.2, 0) is 0 Å². The minimum atomic E-state index is 0.675. The first-order valence-corrected chi connectivity index (χ1v) is 5.79. The van der Waals surface area contributed by atoms with Crippen LogP contribution in [0.4, 0.5) is 5.69 Å². The van der Waals surface area contributed by atoms with E-state index in [-0.39, 0.29) is 0 Å². The van der Waals surface area contributed by atoms with Crippen molar-refractivity contribution in [1.29, 1.82) is 0 Å². The van der Waals surface area contributed by atoms with Gasteiger partial charge in [0.2, 0.25) is 0 Å². The number of nitrogens with one attached hydrogen (secondary N) is 1. The fourth-order valence-electron chi connectivity index (χ4n) is 1.88. The van der Waals surface area contributed by atoms with Crippen LogP contribution in [0.25, 0.3) is 0 Å². The van der Waals surface area contributed by atoms with E-state index in [2.05, 4.69) is 34.1 Å². The van der Waals surface area contributed by atoms with Crippen LogP contribution in [0.1, 0.15) is 12.8 Å². The third kappa shape index (κ3) is 2.03. The van der Waals surface area contributed by atoms with Crippen molar-refractivity contribution in [1.82, 2.24) is 5.32 Å². The van der Waals surface area contributed by atoms with Gasteiger partial charge in [-0.3, -0.25) is 0 Å². The van der Waals surface area contributed by atoms with E-state index >= 15 is 0 Å². The van der Waals surface area contributed by atoms with E-state index in [1.54, 1.807) is 11.3 Å². The van der Waals surface area contributed by atoms with Gasteiger partial charge in [-0.05, 0) is 31.3 Å². The summed E-state index contributed by atoms with van der Waals surface area (Å²) in [6.07, 6.45) is 2.62. The Hall–Kier alpha value is -0.540. The molecule has 1 fully saturated rings. The van der Waals surface area contributed by atoms with Gasteiger partial charge >= 0.3 is 0 Å². The quantitative estimate of drug-likeness (QED) is 0.777. The second-order valence-electron chi connectivity index (χ2n) is 3.56. The average molecular weight is 196 g/mol. The van der Waals surface area contributed by atoms with Crippen LogP contribution in [0.3, 0.4) is 0 Å². The summed E-state index contributed by atoms with van der Waals surface area (Å²) in [4.78, 5) is 2.47. The lowest BCUT2D eigenvalue weighted by molar-refractivity contribution is 0.450. The molecule has 0 bridgehead atoms. The van der Waals surface area contributed by atoms with Crippen LogP contribution in [0.5, 0.6) is 0 Å². The second kappa shape index (κ2) is 4.11. The molecule has 3 heteroatoms. The minimum absolute atomic E-state index is 0.675. The van der Waals surface area contributed by atoms with Crippen molar-refractivity contribution < 1.29 is 0 Å². The summed E-state index contributed by atoms with van der Waals surface area (Å²) in [5, 5.41) is 7.74. The number of rotatable bonds is 2. The summed E-state index contributed by atoms with van der Waals surface area (Å²) < 4.78 is 0. The Morgan fingerprint density at radius 1 is 1.62 bits per heavy atom. The molecule has 1 aromatic heterocycles. The zero-order chi connectivity index (χ0) is 9.10. The first-order chi connectivity index (χ1) is 6.40. The SMILES string of the molecule is CNC1CCCN(c2ccsc2)C1. The lowest BCUT2D eigenvalue weighted by atomic mass is 10.1. The number of nitrogens with zero attached hydrogens (tertiary/aromatic N) is 1. The van der Waals surface area contributed by atoms with Crippen molar-refractivity contribution in [3.63, 3.8) is 0 Å². The van der Waals surface area contributed by atoms with Crippen LogP contribution in [0.2, 0.25) is 0 Å². The molecule has 13 heavy (non-hydrogen) atoms. The van der Waals surface area contributed by atoms with E-state index in [9.17, 15) is 0 Å². The van der Waals surface area contributed by atoms with E-state index in [4.69, 9.17) is 0 Å². The fraction of sp³-hybridized carbons (Fsp3) is 0.600. The van der Waals surface area contributed by atoms with Gasteiger partial charge in [-0.25, -0.2) is 0 Å². The summed E-state index contributed by atoms with van der Waals surface area (Å²) in [6, 6.07) is 2.89. The van der Waals surface area contributed by atoms with Gasteiger partial charge in [-0.2, -0.15) is 11.3 Å². The molecule has 0 aromatic carbocycles. The van der Waals surface area contributed by atoms with E-state index in [0.29, 0.717) is 6.04 Å². The first-order valence-electron chi connectivity index (χ1n) is 4.84. The maximum atomic E-state index is 3.36. The van der Waals surface area contributed by atoms with Gasteiger partial charge in [0.1, 0.15) is 0 Å². The highest BCUT2D eigenvalue weighted by Crippen LogP contribution is 2.22. The first kappa shape index (κ1) is 9.03. The Labute approximate surface area is 83.6 Å². The predicted molar refractivity (Wildman–Crippen MR) is 58.6 cm³/mol. The van der Waals surface area contributed by atoms with Crippen molar-refractivity contribution in [2.45, 2.75) is 18.9 Å². The molecule has 72 valence electrons. The molecule has 1 N–H and O–H groups in total. The van der Waals surface area contributed by atoms with Crippen molar-refractivity contribution in [2.24, 2.45) is 0 Å². The van der Waals surface area contributed by atoms with E-state index in [0.717, 1.165) is 6.54 Å². The Morgan fingerprint density at radius 3 is 3.23 bits per heavy atom. The number of thiophene rings is 1. The summed E-state index contributed by atoms with van der Waals surface area (Å²) in [7, 11) is 2.06. The molecule has 0 saturated carbocycles. The van der Waals surface area contributed by atoms with Gasteiger partial charge in [-0.15, -0.1) is 0 Å². The van der Waals surface area contributed by atoms with Crippen LogP contribution >= 0.6 is 11.3 Å². The van der Waals surface area contributed by atoms with E-state index in [1.165, 1.54) is 25.1 Å². The second-order valence-corrected chi connectivity index (χ2v) is 4.34. The van der Waals surface area contributed by atoms with Crippen LogP contribution in [0, 0.1) is 0 Å². The Balaban J connectivity index is 2.00. The van der Waals surface area contributed by atoms with Crippen molar-refractivity contribution in [3.05, 3.63) is 16.8 Å². The smallest absolute Gasteiger partial charge is 0.0475 e. The van der Waals surface area contributed by atoms with E-state index < -0.39 is 0 Å². The molecule has 1 saturated heterocycles. The van der Waals surface area contributed by atoms with Gasteiger partial charge < -0.3 is 10.2 Å². The molecule has 1 unspecified atom stereocenters. The van der Waals surface area contributed by atoms with Crippen LogP contribution < -0.4 is 10.2 Å². The van der Waals surface area contributed by atoms with Gasteiger partial charge in [0, 0.05) is 30.2 Å². The maximum absolute atomic E-state index is 3.36. The zero-order valence-electron chi connectivity index (χ0n) is 7.99. The lowest BCUT2D eigenvalue weighted by Gasteiger charge is -2.33. The molecule has 0 spiro atoms. The molecule has 0 radical (unpaired) electrons. The zero-order valence-corrected chi connectivity index (χ0v) is 8.81. The minimum Gasteiger partial charge on any atom is -0.369 e. The third-order valence-corrected chi connectivity index (χ3v) is 3.37. The molecule has 2 rings (SSSR count). The fourth-order valence-corrected chi connectivity index (χ4v) is 2.55. The number of anilines is 1. The van der Waals surface area contributed by atoms with Crippen molar-refractivity contribution >= 4 is 17.0 Å². The molecular formula is C10H16N2S. The normalized spacial score (nSPS) is 23.5. The molecule has 2 nitrogen and oxygen atoms in total. The number of likely N-dealkylation sites (N-methyl/N-ethyl adjacent to an activating group) is 1. The molecule has 1 aliphatic rings. The largest absolute Gasteiger partial charge is 0.369 e. The van der Waals surface area contributed by atoms with Gasteiger partial charge in [0.05, 0.1) is 0 Å². The number of hydrogen-bond donors (Lipinski definition) is 1. The van der Waals surface area contributed by atoms with Crippen molar-refractivity contribution in [3.8, 4) is 0 Å². The van der Waals surface area contributed by atoms with E-state index in [1.807, 2.05) is 0 Å². The van der Waals surface area contributed by atoms with Crippen molar-refractivity contribution in [2.75, 3.05) is 25.0 Å². The summed E-state index contributed by atoms with van der Waals surface area (Å²) >= 11 is 1.78. The van der Waals surface area contributed by atoms with Crippen LogP contribution in [0.15, 0.2) is 16.8 Å². The predicted octanol–water partition coefficient (Wildman–Crippen LogP) is 1.94. The summed E-state index contributed by atoms with van der Waals surface area (Å²) in [6.45, 7) is 2.38. The molecule has 1 aromatic rings. The highest BCUT2D eigenvalue weighted by atomic mass is 32.1.